The minimum atomic E-state index is -0.0727. The van der Waals surface area contributed by atoms with Gasteiger partial charge in [-0.1, -0.05) is 6.92 Å². The van der Waals surface area contributed by atoms with Crippen LogP contribution >= 0.6 is 0 Å². The Labute approximate surface area is 96.1 Å². The standard InChI is InChI=1S/C11H21N3O2/c1-8(4-6-12)11(16)13-7-5-10(15)14-9-2-3-9/h8-9H,2-7,12H2,1H3,(H,13,16)(H,14,15). The van der Waals surface area contributed by atoms with Gasteiger partial charge in [-0.2, -0.15) is 0 Å². The van der Waals surface area contributed by atoms with Gasteiger partial charge in [0.15, 0.2) is 0 Å². The summed E-state index contributed by atoms with van der Waals surface area (Å²) in [5, 5.41) is 5.61. The molecule has 1 unspecified atom stereocenters. The summed E-state index contributed by atoms with van der Waals surface area (Å²) in [5.74, 6) is -0.0737. The molecule has 5 heteroatoms. The summed E-state index contributed by atoms with van der Waals surface area (Å²) < 4.78 is 0. The van der Waals surface area contributed by atoms with E-state index in [9.17, 15) is 9.59 Å². The Morgan fingerprint density at radius 1 is 1.44 bits per heavy atom. The molecule has 1 rings (SSSR count). The molecular weight excluding hydrogens is 206 g/mol. The third kappa shape index (κ3) is 5.11. The summed E-state index contributed by atoms with van der Waals surface area (Å²) >= 11 is 0. The molecule has 5 nitrogen and oxygen atoms in total. The molecule has 0 aromatic carbocycles. The van der Waals surface area contributed by atoms with Crippen molar-refractivity contribution >= 4 is 11.8 Å². The Morgan fingerprint density at radius 3 is 2.69 bits per heavy atom. The maximum absolute atomic E-state index is 11.5. The SMILES string of the molecule is CC(CCN)C(=O)NCCC(=O)NC1CC1. The van der Waals surface area contributed by atoms with Crippen molar-refractivity contribution in [2.75, 3.05) is 13.1 Å². The largest absolute Gasteiger partial charge is 0.355 e. The number of hydrogen-bond donors (Lipinski definition) is 3. The molecule has 1 atom stereocenters. The fraction of sp³-hybridized carbons (Fsp3) is 0.818. The van der Waals surface area contributed by atoms with Gasteiger partial charge in [0.1, 0.15) is 0 Å². The van der Waals surface area contributed by atoms with Gasteiger partial charge in [0.2, 0.25) is 11.8 Å². The molecule has 0 heterocycles. The molecule has 0 aliphatic heterocycles. The van der Waals surface area contributed by atoms with E-state index in [2.05, 4.69) is 10.6 Å². The molecule has 16 heavy (non-hydrogen) atoms. The minimum absolute atomic E-state index is 0.0225. The van der Waals surface area contributed by atoms with Gasteiger partial charge in [0.25, 0.3) is 0 Å². The van der Waals surface area contributed by atoms with Gasteiger partial charge in [-0.15, -0.1) is 0 Å². The number of carbonyl (C=O) groups excluding carboxylic acids is 2. The minimum Gasteiger partial charge on any atom is -0.355 e. The second kappa shape index (κ2) is 6.48. The van der Waals surface area contributed by atoms with E-state index < -0.39 is 0 Å². The van der Waals surface area contributed by atoms with Crippen molar-refractivity contribution in [1.82, 2.24) is 10.6 Å². The Hall–Kier alpha value is -1.10. The molecule has 1 saturated carbocycles. The summed E-state index contributed by atoms with van der Waals surface area (Å²) in [6.45, 7) is 2.76. The molecule has 0 saturated heterocycles. The molecule has 1 aliphatic rings. The first-order chi connectivity index (χ1) is 7.63. The zero-order valence-corrected chi connectivity index (χ0v) is 9.79. The zero-order chi connectivity index (χ0) is 12.0. The Kier molecular flexibility index (Phi) is 5.25. The monoisotopic (exact) mass is 227 g/mol. The van der Waals surface area contributed by atoms with Crippen LogP contribution in [0.1, 0.15) is 32.6 Å². The third-order valence-electron chi connectivity index (χ3n) is 2.64. The van der Waals surface area contributed by atoms with Crippen LogP contribution in [0.15, 0.2) is 0 Å². The van der Waals surface area contributed by atoms with Crippen LogP contribution in [0.2, 0.25) is 0 Å². The lowest BCUT2D eigenvalue weighted by molar-refractivity contribution is -0.125. The van der Waals surface area contributed by atoms with Gasteiger partial charge in [-0.3, -0.25) is 9.59 Å². The van der Waals surface area contributed by atoms with Gasteiger partial charge in [-0.05, 0) is 25.8 Å². The van der Waals surface area contributed by atoms with E-state index in [0.717, 1.165) is 12.8 Å². The Bertz CT molecular complexity index is 252. The predicted octanol–water partition coefficient (Wildman–Crippen LogP) is -0.244. The van der Waals surface area contributed by atoms with E-state index in [1.54, 1.807) is 0 Å². The topological polar surface area (TPSA) is 84.2 Å². The highest BCUT2D eigenvalue weighted by Gasteiger charge is 2.22. The van der Waals surface area contributed by atoms with Crippen LogP contribution in [-0.2, 0) is 9.59 Å². The van der Waals surface area contributed by atoms with Gasteiger partial charge in [-0.25, -0.2) is 0 Å². The molecule has 1 fully saturated rings. The smallest absolute Gasteiger partial charge is 0.222 e. The first-order valence-electron chi connectivity index (χ1n) is 5.90. The Morgan fingerprint density at radius 2 is 2.12 bits per heavy atom. The maximum Gasteiger partial charge on any atom is 0.222 e. The van der Waals surface area contributed by atoms with Crippen molar-refractivity contribution < 1.29 is 9.59 Å². The number of rotatable bonds is 7. The van der Waals surface area contributed by atoms with E-state index in [1.165, 1.54) is 0 Å². The maximum atomic E-state index is 11.5. The molecule has 1 aliphatic carbocycles. The second-order valence-electron chi connectivity index (χ2n) is 4.36. The van der Waals surface area contributed by atoms with E-state index in [4.69, 9.17) is 5.73 Å². The van der Waals surface area contributed by atoms with Crippen LogP contribution in [0.4, 0.5) is 0 Å². The van der Waals surface area contributed by atoms with E-state index >= 15 is 0 Å². The predicted molar refractivity (Wildman–Crippen MR) is 61.6 cm³/mol. The summed E-state index contributed by atoms with van der Waals surface area (Å²) in [5.41, 5.74) is 5.36. The fourth-order valence-electron chi connectivity index (χ4n) is 1.38. The number of carbonyl (C=O) groups is 2. The van der Waals surface area contributed by atoms with Crippen LogP contribution in [0.25, 0.3) is 0 Å². The van der Waals surface area contributed by atoms with Crippen LogP contribution in [0.5, 0.6) is 0 Å². The highest BCUT2D eigenvalue weighted by molar-refractivity contribution is 5.80. The lowest BCUT2D eigenvalue weighted by atomic mass is 10.1. The number of nitrogens with two attached hydrogens (primary N) is 1. The highest BCUT2D eigenvalue weighted by atomic mass is 16.2. The molecule has 0 bridgehead atoms. The van der Waals surface area contributed by atoms with Gasteiger partial charge >= 0.3 is 0 Å². The molecule has 0 aromatic rings. The normalized spacial score (nSPS) is 16.6. The lowest BCUT2D eigenvalue weighted by Crippen LogP contribution is -2.34. The molecule has 0 aromatic heterocycles. The summed E-state index contributed by atoms with van der Waals surface area (Å²) in [4.78, 5) is 22.7. The number of hydrogen-bond acceptors (Lipinski definition) is 3. The average molecular weight is 227 g/mol. The van der Waals surface area contributed by atoms with E-state index in [1.807, 2.05) is 6.92 Å². The van der Waals surface area contributed by atoms with Crippen molar-refractivity contribution in [3.8, 4) is 0 Å². The van der Waals surface area contributed by atoms with Crippen LogP contribution in [-0.4, -0.2) is 30.9 Å². The third-order valence-corrected chi connectivity index (χ3v) is 2.64. The zero-order valence-electron chi connectivity index (χ0n) is 9.79. The molecule has 2 amide bonds. The quantitative estimate of drug-likeness (QED) is 0.561. The van der Waals surface area contributed by atoms with E-state index in [0.29, 0.717) is 32.0 Å². The van der Waals surface area contributed by atoms with E-state index in [-0.39, 0.29) is 17.7 Å². The molecular formula is C11H21N3O2. The summed E-state index contributed by atoms with van der Waals surface area (Å²) in [7, 11) is 0. The molecule has 92 valence electrons. The Balaban J connectivity index is 2.04. The summed E-state index contributed by atoms with van der Waals surface area (Å²) in [6, 6.07) is 0.388. The summed E-state index contributed by atoms with van der Waals surface area (Å²) in [6.07, 6.45) is 3.22. The fourth-order valence-corrected chi connectivity index (χ4v) is 1.38. The highest BCUT2D eigenvalue weighted by Crippen LogP contribution is 2.18. The van der Waals surface area contributed by atoms with Crippen molar-refractivity contribution in [2.45, 2.75) is 38.6 Å². The van der Waals surface area contributed by atoms with Crippen LogP contribution in [0, 0.1) is 5.92 Å². The van der Waals surface area contributed by atoms with Crippen molar-refractivity contribution in [1.29, 1.82) is 0 Å². The molecule has 0 radical (unpaired) electrons. The first-order valence-corrected chi connectivity index (χ1v) is 5.90. The van der Waals surface area contributed by atoms with Gasteiger partial charge in [0, 0.05) is 24.9 Å². The number of amides is 2. The van der Waals surface area contributed by atoms with Crippen LogP contribution < -0.4 is 16.4 Å². The number of nitrogens with one attached hydrogen (secondary N) is 2. The van der Waals surface area contributed by atoms with Crippen molar-refractivity contribution in [2.24, 2.45) is 11.7 Å². The van der Waals surface area contributed by atoms with Gasteiger partial charge in [0.05, 0.1) is 0 Å². The average Bonchev–Trinajstić information content (AvgIpc) is 3.01. The van der Waals surface area contributed by atoms with Crippen LogP contribution in [0.3, 0.4) is 0 Å². The first kappa shape index (κ1) is 13.0. The van der Waals surface area contributed by atoms with Crippen molar-refractivity contribution in [3.63, 3.8) is 0 Å². The molecule has 4 N–H and O–H groups in total. The lowest BCUT2D eigenvalue weighted by Gasteiger charge is -2.10. The van der Waals surface area contributed by atoms with Crippen molar-refractivity contribution in [3.05, 3.63) is 0 Å². The van der Waals surface area contributed by atoms with Gasteiger partial charge < -0.3 is 16.4 Å². The second-order valence-corrected chi connectivity index (χ2v) is 4.36. The molecule has 0 spiro atoms.